The van der Waals surface area contributed by atoms with Crippen molar-refractivity contribution >= 4 is 29.3 Å². The topological polar surface area (TPSA) is 105 Å². The molecule has 1 fully saturated rings. The Morgan fingerprint density at radius 3 is 2.73 bits per heavy atom. The number of likely N-dealkylation sites (tertiary alicyclic amines) is 1. The SMILES string of the molecule is CC(=O)NC(CSc1cccc([N+](=O)[O-])c1)C(=O)NCCN1CCCC1. The molecule has 2 rings (SSSR count). The van der Waals surface area contributed by atoms with Crippen LogP contribution in [-0.2, 0) is 9.59 Å². The van der Waals surface area contributed by atoms with Crippen molar-refractivity contribution in [1.29, 1.82) is 0 Å². The van der Waals surface area contributed by atoms with Gasteiger partial charge in [0.1, 0.15) is 6.04 Å². The minimum atomic E-state index is -0.685. The summed E-state index contributed by atoms with van der Waals surface area (Å²) in [5, 5.41) is 16.4. The molecule has 1 saturated heterocycles. The van der Waals surface area contributed by atoms with E-state index in [4.69, 9.17) is 0 Å². The summed E-state index contributed by atoms with van der Waals surface area (Å²) in [5.74, 6) is -0.224. The van der Waals surface area contributed by atoms with Crippen LogP contribution in [0.4, 0.5) is 5.69 Å². The van der Waals surface area contributed by atoms with E-state index in [1.54, 1.807) is 12.1 Å². The molecule has 8 nitrogen and oxygen atoms in total. The molecule has 0 radical (unpaired) electrons. The number of non-ortho nitro benzene ring substituents is 1. The molecule has 0 spiro atoms. The number of carbonyl (C=O) groups excluding carboxylic acids is 2. The van der Waals surface area contributed by atoms with Gasteiger partial charge in [-0.1, -0.05) is 6.07 Å². The number of thioether (sulfide) groups is 1. The summed E-state index contributed by atoms with van der Waals surface area (Å²) in [7, 11) is 0. The van der Waals surface area contributed by atoms with Gasteiger partial charge >= 0.3 is 0 Å². The van der Waals surface area contributed by atoms with E-state index in [9.17, 15) is 19.7 Å². The van der Waals surface area contributed by atoms with E-state index in [0.29, 0.717) is 17.2 Å². The van der Waals surface area contributed by atoms with E-state index in [1.807, 2.05) is 0 Å². The second-order valence-electron chi connectivity index (χ2n) is 6.16. The number of rotatable bonds is 9. The maximum atomic E-state index is 12.4. The summed E-state index contributed by atoms with van der Waals surface area (Å²) in [5.41, 5.74) is 0.00106. The molecule has 0 aliphatic carbocycles. The highest BCUT2D eigenvalue weighted by Gasteiger charge is 2.20. The number of carbonyl (C=O) groups is 2. The summed E-state index contributed by atoms with van der Waals surface area (Å²) in [6.45, 7) is 4.83. The predicted molar refractivity (Wildman–Crippen MR) is 100 cm³/mol. The van der Waals surface area contributed by atoms with Crippen molar-refractivity contribution in [3.05, 3.63) is 34.4 Å². The van der Waals surface area contributed by atoms with Crippen LogP contribution in [0.15, 0.2) is 29.2 Å². The molecule has 1 aliphatic heterocycles. The van der Waals surface area contributed by atoms with Gasteiger partial charge in [0.15, 0.2) is 0 Å². The second-order valence-corrected chi connectivity index (χ2v) is 7.25. The van der Waals surface area contributed by atoms with E-state index in [1.165, 1.54) is 43.7 Å². The minimum absolute atomic E-state index is 0.00106. The normalized spacial score (nSPS) is 15.4. The molecule has 1 aliphatic rings. The molecule has 1 atom stereocenters. The standard InChI is InChI=1S/C17H24N4O4S/c1-13(22)19-16(17(23)18-7-10-20-8-2-3-9-20)12-26-15-6-4-5-14(11-15)21(24)25/h4-6,11,16H,2-3,7-10,12H2,1H3,(H,18,23)(H,19,22). The fourth-order valence-corrected chi connectivity index (χ4v) is 3.73. The molecule has 2 N–H and O–H groups in total. The Hall–Kier alpha value is -2.13. The van der Waals surface area contributed by atoms with Crippen molar-refractivity contribution < 1.29 is 14.5 Å². The third-order valence-electron chi connectivity index (χ3n) is 4.07. The number of benzene rings is 1. The lowest BCUT2D eigenvalue weighted by atomic mass is 10.3. The van der Waals surface area contributed by atoms with Crippen molar-refractivity contribution in [2.45, 2.75) is 30.7 Å². The van der Waals surface area contributed by atoms with Gasteiger partial charge in [0.05, 0.1) is 4.92 Å². The number of nitrogens with zero attached hydrogens (tertiary/aromatic N) is 2. The first kappa shape index (κ1) is 20.2. The van der Waals surface area contributed by atoms with Crippen molar-refractivity contribution in [1.82, 2.24) is 15.5 Å². The van der Waals surface area contributed by atoms with E-state index >= 15 is 0 Å². The van der Waals surface area contributed by atoms with Gasteiger partial charge in [-0.05, 0) is 32.0 Å². The van der Waals surface area contributed by atoms with E-state index in [-0.39, 0.29) is 17.5 Å². The van der Waals surface area contributed by atoms with Crippen LogP contribution in [0.1, 0.15) is 19.8 Å². The molecule has 0 bridgehead atoms. The first-order valence-electron chi connectivity index (χ1n) is 8.60. The van der Waals surface area contributed by atoms with Crippen molar-refractivity contribution in [3.8, 4) is 0 Å². The number of nitro benzene ring substituents is 1. The largest absolute Gasteiger partial charge is 0.353 e. The van der Waals surface area contributed by atoms with Gasteiger partial charge in [0.25, 0.3) is 5.69 Å². The lowest BCUT2D eigenvalue weighted by Crippen LogP contribution is -2.49. The molecular weight excluding hydrogens is 356 g/mol. The number of hydrogen-bond acceptors (Lipinski definition) is 6. The number of nitro groups is 1. The van der Waals surface area contributed by atoms with Crippen LogP contribution in [0.25, 0.3) is 0 Å². The molecule has 0 aromatic heterocycles. The quantitative estimate of drug-likeness (QED) is 0.381. The third kappa shape index (κ3) is 6.64. The zero-order valence-electron chi connectivity index (χ0n) is 14.8. The van der Waals surface area contributed by atoms with Crippen molar-refractivity contribution in [2.24, 2.45) is 0 Å². The van der Waals surface area contributed by atoms with Crippen LogP contribution in [0, 0.1) is 10.1 Å². The van der Waals surface area contributed by atoms with Gasteiger partial charge in [-0.25, -0.2) is 0 Å². The van der Waals surface area contributed by atoms with Gasteiger partial charge in [-0.3, -0.25) is 19.7 Å². The van der Waals surface area contributed by atoms with Crippen molar-refractivity contribution in [3.63, 3.8) is 0 Å². The first-order valence-corrected chi connectivity index (χ1v) is 9.58. The lowest BCUT2D eigenvalue weighted by molar-refractivity contribution is -0.385. The lowest BCUT2D eigenvalue weighted by Gasteiger charge is -2.19. The highest BCUT2D eigenvalue weighted by atomic mass is 32.2. The summed E-state index contributed by atoms with van der Waals surface area (Å²) in [6.07, 6.45) is 2.39. The number of hydrogen-bond donors (Lipinski definition) is 2. The minimum Gasteiger partial charge on any atom is -0.353 e. The third-order valence-corrected chi connectivity index (χ3v) is 5.15. The van der Waals surface area contributed by atoms with E-state index < -0.39 is 11.0 Å². The maximum Gasteiger partial charge on any atom is 0.270 e. The van der Waals surface area contributed by atoms with Crippen molar-refractivity contribution in [2.75, 3.05) is 31.9 Å². The maximum absolute atomic E-state index is 12.4. The second kappa shape index (κ2) is 10.1. The average molecular weight is 380 g/mol. The Balaban J connectivity index is 1.86. The van der Waals surface area contributed by atoms with Crippen LogP contribution in [0.2, 0.25) is 0 Å². The summed E-state index contributed by atoms with van der Waals surface area (Å²) >= 11 is 1.30. The Bertz CT molecular complexity index is 649. The number of amides is 2. The molecule has 26 heavy (non-hydrogen) atoms. The molecule has 1 aromatic carbocycles. The van der Waals surface area contributed by atoms with Gasteiger partial charge in [0.2, 0.25) is 11.8 Å². The van der Waals surface area contributed by atoms with Gasteiger partial charge in [-0.2, -0.15) is 0 Å². The van der Waals surface area contributed by atoms with E-state index in [0.717, 1.165) is 19.6 Å². The van der Waals surface area contributed by atoms with Gasteiger partial charge < -0.3 is 15.5 Å². The molecular formula is C17H24N4O4S. The van der Waals surface area contributed by atoms with Crippen LogP contribution in [0.3, 0.4) is 0 Å². The monoisotopic (exact) mass is 380 g/mol. The molecule has 1 heterocycles. The highest BCUT2D eigenvalue weighted by molar-refractivity contribution is 7.99. The average Bonchev–Trinajstić information content (AvgIpc) is 3.11. The Morgan fingerprint density at radius 1 is 1.35 bits per heavy atom. The number of nitrogens with one attached hydrogen (secondary N) is 2. The van der Waals surface area contributed by atoms with Crippen LogP contribution in [0.5, 0.6) is 0 Å². The Labute approximate surface area is 156 Å². The first-order chi connectivity index (χ1) is 12.5. The molecule has 0 saturated carbocycles. The fraction of sp³-hybridized carbons (Fsp3) is 0.529. The zero-order chi connectivity index (χ0) is 18.9. The molecule has 1 aromatic rings. The molecule has 2 amide bonds. The molecule has 142 valence electrons. The van der Waals surface area contributed by atoms with Gasteiger partial charge in [-0.15, -0.1) is 11.8 Å². The zero-order valence-corrected chi connectivity index (χ0v) is 15.6. The van der Waals surface area contributed by atoms with Crippen LogP contribution >= 0.6 is 11.8 Å². The smallest absolute Gasteiger partial charge is 0.270 e. The van der Waals surface area contributed by atoms with Crippen LogP contribution < -0.4 is 10.6 Å². The summed E-state index contributed by atoms with van der Waals surface area (Å²) in [4.78, 5) is 37.1. The molecule has 9 heteroatoms. The summed E-state index contributed by atoms with van der Waals surface area (Å²) < 4.78 is 0. The Kier molecular flexibility index (Phi) is 7.86. The van der Waals surface area contributed by atoms with Crippen LogP contribution in [-0.4, -0.2) is 59.6 Å². The summed E-state index contributed by atoms with van der Waals surface area (Å²) in [6, 6.07) is 5.54. The predicted octanol–water partition coefficient (Wildman–Crippen LogP) is 1.40. The van der Waals surface area contributed by atoms with Gasteiger partial charge in [0, 0.05) is 42.8 Å². The van der Waals surface area contributed by atoms with E-state index in [2.05, 4.69) is 15.5 Å². The fourth-order valence-electron chi connectivity index (χ4n) is 2.76. The Morgan fingerprint density at radius 2 is 2.08 bits per heavy atom. The molecule has 1 unspecified atom stereocenters. The highest BCUT2D eigenvalue weighted by Crippen LogP contribution is 2.23.